The van der Waals surface area contributed by atoms with Crippen LogP contribution in [0.2, 0.25) is 0 Å². The maximum atomic E-state index is 9.03. The molecule has 0 bridgehead atoms. The van der Waals surface area contributed by atoms with E-state index < -0.39 is 0 Å². The van der Waals surface area contributed by atoms with E-state index in [1.807, 2.05) is 30.8 Å². The van der Waals surface area contributed by atoms with E-state index in [9.17, 15) is 0 Å². The third-order valence-electron chi connectivity index (χ3n) is 4.19. The van der Waals surface area contributed by atoms with Gasteiger partial charge >= 0.3 is 0 Å². The van der Waals surface area contributed by atoms with Crippen LogP contribution in [0.1, 0.15) is 23.1 Å². The van der Waals surface area contributed by atoms with E-state index in [2.05, 4.69) is 32.3 Å². The molecule has 0 amide bonds. The highest BCUT2D eigenvalue weighted by Crippen LogP contribution is 2.28. The molecule has 2 aromatic rings. The number of hydrogen-bond acceptors (Lipinski definition) is 7. The molecule has 24 heavy (non-hydrogen) atoms. The predicted octanol–water partition coefficient (Wildman–Crippen LogP) is 0.874. The number of aryl methyl sites for hydroxylation is 2. The largest absolute Gasteiger partial charge is 0.373 e. The summed E-state index contributed by atoms with van der Waals surface area (Å²) in [6, 6.07) is 5.82. The van der Waals surface area contributed by atoms with Crippen molar-refractivity contribution in [2.24, 2.45) is 7.05 Å². The molecule has 1 fully saturated rings. The van der Waals surface area contributed by atoms with Gasteiger partial charge in [0.1, 0.15) is 11.8 Å². The summed E-state index contributed by atoms with van der Waals surface area (Å²) < 4.78 is 7.86. The van der Waals surface area contributed by atoms with Gasteiger partial charge in [-0.05, 0) is 26.1 Å². The Morgan fingerprint density at radius 3 is 2.96 bits per heavy atom. The zero-order valence-corrected chi connectivity index (χ0v) is 14.1. The minimum Gasteiger partial charge on any atom is -0.373 e. The van der Waals surface area contributed by atoms with Crippen molar-refractivity contribution in [1.82, 2.24) is 24.6 Å². The molecule has 0 spiro atoms. The number of hydrogen-bond donors (Lipinski definition) is 1. The molecule has 126 valence electrons. The summed E-state index contributed by atoms with van der Waals surface area (Å²) in [7, 11) is 4.02. The predicted molar refractivity (Wildman–Crippen MR) is 88.3 cm³/mol. The fourth-order valence-corrected chi connectivity index (χ4v) is 3.02. The van der Waals surface area contributed by atoms with Crippen LogP contribution < -0.4 is 5.32 Å². The first-order valence-corrected chi connectivity index (χ1v) is 7.88. The normalized spacial score (nSPS) is 21.4. The molecule has 0 radical (unpaired) electrons. The molecule has 8 nitrogen and oxygen atoms in total. The average molecular weight is 327 g/mol. The summed E-state index contributed by atoms with van der Waals surface area (Å²) in [6.45, 7) is 3.94. The summed E-state index contributed by atoms with van der Waals surface area (Å²) >= 11 is 0. The van der Waals surface area contributed by atoms with Crippen LogP contribution in [-0.2, 0) is 11.8 Å². The van der Waals surface area contributed by atoms with Gasteiger partial charge in [-0.1, -0.05) is 0 Å². The molecule has 3 heterocycles. The second kappa shape index (κ2) is 6.95. The van der Waals surface area contributed by atoms with Gasteiger partial charge < -0.3 is 10.1 Å². The van der Waals surface area contributed by atoms with Gasteiger partial charge in [-0.3, -0.25) is 9.58 Å². The number of aromatic nitrogens is 4. The molecule has 8 heteroatoms. The van der Waals surface area contributed by atoms with E-state index in [4.69, 9.17) is 10.00 Å². The first-order chi connectivity index (χ1) is 11.6. The van der Waals surface area contributed by atoms with Crippen molar-refractivity contribution in [3.05, 3.63) is 35.4 Å². The molecule has 0 unspecified atom stereocenters. The summed E-state index contributed by atoms with van der Waals surface area (Å²) in [5, 5.41) is 16.5. The van der Waals surface area contributed by atoms with Gasteiger partial charge in [0, 0.05) is 32.0 Å². The van der Waals surface area contributed by atoms with Crippen LogP contribution in [0, 0.1) is 18.3 Å². The Labute approximate surface area is 141 Å². The number of ether oxygens (including phenoxy) is 1. The first-order valence-electron chi connectivity index (χ1n) is 7.88. The van der Waals surface area contributed by atoms with Crippen molar-refractivity contribution in [3.8, 4) is 6.07 Å². The molecular weight excluding hydrogens is 306 g/mol. The minimum absolute atomic E-state index is 0.0613. The quantitative estimate of drug-likeness (QED) is 0.891. The maximum Gasteiger partial charge on any atom is 0.224 e. The lowest BCUT2D eigenvalue weighted by molar-refractivity contribution is -0.0581. The Morgan fingerprint density at radius 2 is 2.25 bits per heavy atom. The summed E-state index contributed by atoms with van der Waals surface area (Å²) in [5.41, 5.74) is 2.22. The highest BCUT2D eigenvalue weighted by molar-refractivity contribution is 5.33. The summed E-state index contributed by atoms with van der Waals surface area (Å²) in [5.74, 6) is 0.451. The molecule has 2 atom stereocenters. The Kier molecular flexibility index (Phi) is 4.74. The number of likely N-dealkylation sites (N-methyl/N-ethyl adjacent to an activating group) is 1. The van der Waals surface area contributed by atoms with Gasteiger partial charge in [0.05, 0.1) is 24.4 Å². The van der Waals surface area contributed by atoms with Crippen molar-refractivity contribution >= 4 is 5.95 Å². The summed E-state index contributed by atoms with van der Waals surface area (Å²) in [4.78, 5) is 10.8. The third kappa shape index (κ3) is 3.37. The van der Waals surface area contributed by atoms with Crippen LogP contribution in [0.15, 0.2) is 18.3 Å². The molecule has 1 N–H and O–H groups in total. The standard InChI is InChI=1S/C16H21N7O/c1-11-8-12(9-17)21-16(20-11)18-10-14-15(22(2)6-7-24-14)13-4-5-19-23(13)3/h4-5,8,14-15H,6-7,10H2,1-3H3,(H,18,20,21)/t14-,15-/m0/s1. The first kappa shape index (κ1) is 16.4. The van der Waals surface area contributed by atoms with Crippen molar-refractivity contribution in [1.29, 1.82) is 5.26 Å². The van der Waals surface area contributed by atoms with Gasteiger partial charge in [-0.25, -0.2) is 9.97 Å². The molecule has 0 aromatic carbocycles. The lowest BCUT2D eigenvalue weighted by atomic mass is 10.0. The smallest absolute Gasteiger partial charge is 0.224 e. The highest BCUT2D eigenvalue weighted by Gasteiger charge is 2.33. The topological polar surface area (TPSA) is 91.9 Å². The Bertz CT molecular complexity index is 751. The van der Waals surface area contributed by atoms with E-state index in [0.29, 0.717) is 24.8 Å². The van der Waals surface area contributed by atoms with Crippen LogP contribution in [0.4, 0.5) is 5.95 Å². The second-order valence-electron chi connectivity index (χ2n) is 5.93. The van der Waals surface area contributed by atoms with E-state index >= 15 is 0 Å². The Morgan fingerprint density at radius 1 is 1.42 bits per heavy atom. The average Bonchev–Trinajstić information content (AvgIpc) is 2.98. The number of morpholine rings is 1. The SMILES string of the molecule is Cc1cc(C#N)nc(NC[C@@H]2OCCN(C)[C@H]2c2ccnn2C)n1. The molecular formula is C16H21N7O. The Hall–Kier alpha value is -2.50. The van der Waals surface area contributed by atoms with Crippen molar-refractivity contribution < 1.29 is 4.74 Å². The molecule has 0 aliphatic carbocycles. The highest BCUT2D eigenvalue weighted by atomic mass is 16.5. The van der Waals surface area contributed by atoms with Crippen LogP contribution in [0.5, 0.6) is 0 Å². The number of nitrogens with one attached hydrogen (secondary N) is 1. The van der Waals surface area contributed by atoms with Gasteiger partial charge in [0.25, 0.3) is 0 Å². The van der Waals surface area contributed by atoms with Crippen molar-refractivity contribution in [2.45, 2.75) is 19.1 Å². The lowest BCUT2D eigenvalue weighted by Gasteiger charge is -2.39. The van der Waals surface area contributed by atoms with Crippen LogP contribution >= 0.6 is 0 Å². The number of rotatable bonds is 4. The monoisotopic (exact) mass is 327 g/mol. The zero-order valence-electron chi connectivity index (χ0n) is 14.1. The zero-order chi connectivity index (χ0) is 17.1. The molecule has 0 saturated carbocycles. The van der Waals surface area contributed by atoms with Crippen LogP contribution in [0.3, 0.4) is 0 Å². The van der Waals surface area contributed by atoms with Crippen LogP contribution in [0.25, 0.3) is 0 Å². The van der Waals surface area contributed by atoms with Crippen molar-refractivity contribution in [3.63, 3.8) is 0 Å². The molecule has 1 saturated heterocycles. The van der Waals surface area contributed by atoms with E-state index in [-0.39, 0.29) is 12.1 Å². The fraction of sp³-hybridized carbons (Fsp3) is 0.500. The van der Waals surface area contributed by atoms with Gasteiger partial charge in [-0.2, -0.15) is 10.4 Å². The lowest BCUT2D eigenvalue weighted by Crippen LogP contribution is -2.46. The van der Waals surface area contributed by atoms with E-state index in [1.54, 1.807) is 12.3 Å². The van der Waals surface area contributed by atoms with Crippen molar-refractivity contribution in [2.75, 3.05) is 32.1 Å². The Balaban J connectivity index is 1.76. The number of nitrogens with zero attached hydrogens (tertiary/aromatic N) is 6. The van der Waals surface area contributed by atoms with Crippen LogP contribution in [-0.4, -0.2) is 57.5 Å². The fourth-order valence-electron chi connectivity index (χ4n) is 3.02. The minimum atomic E-state index is -0.0613. The molecule has 1 aliphatic rings. The third-order valence-corrected chi connectivity index (χ3v) is 4.19. The molecule has 1 aliphatic heterocycles. The molecule has 2 aromatic heterocycles. The number of nitriles is 1. The summed E-state index contributed by atoms with van der Waals surface area (Å²) in [6.07, 6.45) is 1.74. The van der Waals surface area contributed by atoms with Gasteiger partial charge in [-0.15, -0.1) is 0 Å². The van der Waals surface area contributed by atoms with E-state index in [1.165, 1.54) is 0 Å². The maximum absolute atomic E-state index is 9.03. The van der Waals surface area contributed by atoms with E-state index in [0.717, 1.165) is 17.9 Å². The second-order valence-corrected chi connectivity index (χ2v) is 5.93. The van der Waals surface area contributed by atoms with Gasteiger partial charge in [0.15, 0.2) is 0 Å². The molecule has 3 rings (SSSR count). The van der Waals surface area contributed by atoms with Gasteiger partial charge in [0.2, 0.25) is 5.95 Å². The number of anilines is 1.